The number of phenols is 2. The van der Waals surface area contributed by atoms with Crippen LogP contribution in [0.4, 0.5) is 5.69 Å². The molecule has 1 aromatic rings. The van der Waals surface area contributed by atoms with Crippen molar-refractivity contribution in [3.05, 3.63) is 17.7 Å². The van der Waals surface area contributed by atoms with E-state index < -0.39 is 0 Å². The zero-order valence-electron chi connectivity index (χ0n) is 7.83. The van der Waals surface area contributed by atoms with Crippen LogP contribution in [0.25, 0.3) is 0 Å². The van der Waals surface area contributed by atoms with E-state index in [0.29, 0.717) is 12.5 Å². The number of fused-ring (bicyclic) bond motifs is 1. The Hall–Kier alpha value is -1.42. The van der Waals surface area contributed by atoms with Gasteiger partial charge in [-0.2, -0.15) is 0 Å². The highest BCUT2D eigenvalue weighted by Crippen LogP contribution is 2.40. The molecule has 0 fully saturated rings. The number of nitrogens with one attached hydrogen (secondary N) is 1. The molecule has 14 heavy (non-hydrogen) atoms. The fourth-order valence-electron chi connectivity index (χ4n) is 1.89. The van der Waals surface area contributed by atoms with Gasteiger partial charge in [0.2, 0.25) is 0 Å². The van der Waals surface area contributed by atoms with Crippen LogP contribution in [-0.2, 0) is 0 Å². The molecule has 0 aromatic heterocycles. The summed E-state index contributed by atoms with van der Waals surface area (Å²) in [5.74, 6) is 0.209. The molecule has 0 amide bonds. The van der Waals surface area contributed by atoms with Crippen LogP contribution in [0, 0.1) is 0 Å². The van der Waals surface area contributed by atoms with E-state index >= 15 is 0 Å². The minimum Gasteiger partial charge on any atom is -0.504 e. The predicted octanol–water partition coefficient (Wildman–Crippen LogP) is 0.956. The fourth-order valence-corrected chi connectivity index (χ4v) is 1.89. The second-order valence-electron chi connectivity index (χ2n) is 3.58. The van der Waals surface area contributed by atoms with Gasteiger partial charge in [-0.25, -0.2) is 0 Å². The van der Waals surface area contributed by atoms with Crippen LogP contribution in [0.3, 0.4) is 0 Å². The minimum absolute atomic E-state index is 0.0607. The highest BCUT2D eigenvalue weighted by Gasteiger charge is 2.23. The Kier molecular flexibility index (Phi) is 2.21. The number of aromatic hydroxyl groups is 2. The SMILES string of the molecule is NCCC1CNc2cc(O)c(O)cc21. The summed E-state index contributed by atoms with van der Waals surface area (Å²) in [6, 6.07) is 3.17. The Morgan fingerprint density at radius 3 is 2.79 bits per heavy atom. The molecule has 5 N–H and O–H groups in total. The quantitative estimate of drug-likeness (QED) is 0.417. The molecule has 1 aliphatic heterocycles. The van der Waals surface area contributed by atoms with Crippen LogP contribution in [0.1, 0.15) is 17.9 Å². The van der Waals surface area contributed by atoms with Crippen molar-refractivity contribution in [2.45, 2.75) is 12.3 Å². The normalized spacial score (nSPS) is 19.1. The summed E-state index contributed by atoms with van der Waals surface area (Å²) in [5, 5.41) is 21.8. The van der Waals surface area contributed by atoms with Gasteiger partial charge in [0.1, 0.15) is 0 Å². The van der Waals surface area contributed by atoms with Gasteiger partial charge in [0.25, 0.3) is 0 Å². The van der Waals surface area contributed by atoms with Crippen molar-refractivity contribution in [1.82, 2.24) is 0 Å². The van der Waals surface area contributed by atoms with Gasteiger partial charge in [0, 0.05) is 24.2 Å². The number of hydrogen-bond donors (Lipinski definition) is 4. The van der Waals surface area contributed by atoms with E-state index in [1.54, 1.807) is 12.1 Å². The number of phenolic OH excluding ortho intramolecular Hbond substituents is 2. The van der Waals surface area contributed by atoms with Crippen LogP contribution >= 0.6 is 0 Å². The first-order valence-corrected chi connectivity index (χ1v) is 4.72. The molecule has 1 heterocycles. The molecule has 1 unspecified atom stereocenters. The lowest BCUT2D eigenvalue weighted by atomic mass is 9.97. The third-order valence-corrected chi connectivity index (χ3v) is 2.64. The zero-order chi connectivity index (χ0) is 10.1. The average Bonchev–Trinajstić information content (AvgIpc) is 2.51. The topological polar surface area (TPSA) is 78.5 Å². The van der Waals surface area contributed by atoms with Crippen molar-refractivity contribution in [1.29, 1.82) is 0 Å². The van der Waals surface area contributed by atoms with Crippen LogP contribution < -0.4 is 11.1 Å². The fraction of sp³-hybridized carbons (Fsp3) is 0.400. The van der Waals surface area contributed by atoms with Crippen LogP contribution in [0.5, 0.6) is 11.5 Å². The Bertz CT molecular complexity index is 352. The smallest absolute Gasteiger partial charge is 0.159 e. The highest BCUT2D eigenvalue weighted by molar-refractivity contribution is 5.64. The van der Waals surface area contributed by atoms with E-state index in [1.807, 2.05) is 0 Å². The first-order valence-electron chi connectivity index (χ1n) is 4.72. The van der Waals surface area contributed by atoms with Crippen molar-refractivity contribution in [3.63, 3.8) is 0 Å². The maximum atomic E-state index is 9.36. The molecule has 1 atom stereocenters. The number of nitrogens with two attached hydrogens (primary N) is 1. The second kappa shape index (κ2) is 3.38. The summed E-state index contributed by atoms with van der Waals surface area (Å²) in [4.78, 5) is 0. The van der Waals surface area contributed by atoms with Crippen molar-refractivity contribution < 1.29 is 10.2 Å². The van der Waals surface area contributed by atoms with Gasteiger partial charge >= 0.3 is 0 Å². The van der Waals surface area contributed by atoms with Gasteiger partial charge in [0.05, 0.1) is 0 Å². The number of hydrogen-bond acceptors (Lipinski definition) is 4. The van der Waals surface area contributed by atoms with E-state index in [4.69, 9.17) is 5.73 Å². The molecule has 2 rings (SSSR count). The highest BCUT2D eigenvalue weighted by atomic mass is 16.3. The Balaban J connectivity index is 2.35. The molecule has 0 spiro atoms. The maximum absolute atomic E-state index is 9.36. The average molecular weight is 194 g/mol. The van der Waals surface area contributed by atoms with Crippen molar-refractivity contribution in [2.24, 2.45) is 5.73 Å². The van der Waals surface area contributed by atoms with Gasteiger partial charge in [-0.1, -0.05) is 0 Å². The lowest BCUT2D eigenvalue weighted by molar-refractivity contribution is 0.403. The Morgan fingerprint density at radius 1 is 1.36 bits per heavy atom. The first-order chi connectivity index (χ1) is 6.72. The van der Waals surface area contributed by atoms with Crippen LogP contribution in [-0.4, -0.2) is 23.3 Å². The minimum atomic E-state index is -0.0790. The largest absolute Gasteiger partial charge is 0.504 e. The summed E-state index contributed by atoms with van der Waals surface area (Å²) in [5.41, 5.74) is 7.44. The lowest BCUT2D eigenvalue weighted by Crippen LogP contribution is -2.08. The monoisotopic (exact) mass is 194 g/mol. The molecular weight excluding hydrogens is 180 g/mol. The van der Waals surface area contributed by atoms with Gasteiger partial charge in [-0.05, 0) is 24.6 Å². The van der Waals surface area contributed by atoms with Gasteiger partial charge in [-0.15, -0.1) is 0 Å². The predicted molar refractivity (Wildman–Crippen MR) is 54.7 cm³/mol. The molecule has 0 saturated heterocycles. The summed E-state index contributed by atoms with van der Waals surface area (Å²) >= 11 is 0. The van der Waals surface area contributed by atoms with Crippen molar-refractivity contribution in [2.75, 3.05) is 18.4 Å². The van der Waals surface area contributed by atoms with E-state index in [0.717, 1.165) is 24.2 Å². The molecule has 0 radical (unpaired) electrons. The van der Waals surface area contributed by atoms with Crippen molar-refractivity contribution >= 4 is 5.69 Å². The Labute approximate surface area is 82.4 Å². The molecule has 76 valence electrons. The second-order valence-corrected chi connectivity index (χ2v) is 3.58. The molecule has 4 heteroatoms. The van der Waals surface area contributed by atoms with E-state index in [2.05, 4.69) is 5.32 Å². The van der Waals surface area contributed by atoms with Crippen LogP contribution in [0.2, 0.25) is 0 Å². The number of anilines is 1. The van der Waals surface area contributed by atoms with Gasteiger partial charge < -0.3 is 21.3 Å². The van der Waals surface area contributed by atoms with Gasteiger partial charge in [0.15, 0.2) is 11.5 Å². The third-order valence-electron chi connectivity index (χ3n) is 2.64. The van der Waals surface area contributed by atoms with E-state index in [1.165, 1.54) is 0 Å². The molecular formula is C10H14N2O2. The molecule has 0 saturated carbocycles. The summed E-state index contributed by atoms with van der Waals surface area (Å²) < 4.78 is 0. The molecule has 0 bridgehead atoms. The van der Waals surface area contributed by atoms with Crippen molar-refractivity contribution in [3.8, 4) is 11.5 Å². The molecule has 1 aliphatic rings. The molecule has 0 aliphatic carbocycles. The summed E-state index contributed by atoms with van der Waals surface area (Å²) in [6.07, 6.45) is 0.893. The van der Waals surface area contributed by atoms with Crippen LogP contribution in [0.15, 0.2) is 12.1 Å². The molecule has 4 nitrogen and oxygen atoms in total. The number of benzene rings is 1. The van der Waals surface area contributed by atoms with Gasteiger partial charge in [-0.3, -0.25) is 0 Å². The first kappa shape index (κ1) is 9.15. The number of rotatable bonds is 2. The third kappa shape index (κ3) is 1.37. The Morgan fingerprint density at radius 2 is 2.07 bits per heavy atom. The van der Waals surface area contributed by atoms with E-state index in [-0.39, 0.29) is 11.5 Å². The maximum Gasteiger partial charge on any atom is 0.159 e. The lowest BCUT2D eigenvalue weighted by Gasteiger charge is -2.08. The summed E-state index contributed by atoms with van der Waals surface area (Å²) in [6.45, 7) is 1.46. The zero-order valence-corrected chi connectivity index (χ0v) is 7.83. The summed E-state index contributed by atoms with van der Waals surface area (Å²) in [7, 11) is 0. The standard InChI is InChI=1S/C10H14N2O2/c11-2-1-6-5-12-8-4-10(14)9(13)3-7(6)8/h3-4,6,12-14H,1-2,5,11H2. The molecule has 1 aromatic carbocycles. The van der Waals surface area contributed by atoms with E-state index in [9.17, 15) is 10.2 Å².